The number of hydrogen-bond acceptors (Lipinski definition) is 4. The van der Waals surface area contributed by atoms with Gasteiger partial charge in [-0.3, -0.25) is 10.1 Å². The minimum absolute atomic E-state index is 0.0679. The number of piperidine rings is 1. The first kappa shape index (κ1) is 12.2. The highest BCUT2D eigenvalue weighted by Crippen LogP contribution is 2.19. The molecule has 0 saturated carbocycles. The van der Waals surface area contributed by atoms with Crippen molar-refractivity contribution in [2.24, 2.45) is 5.92 Å². The average Bonchev–Trinajstić information content (AvgIpc) is 2.82. The predicted octanol–water partition coefficient (Wildman–Crippen LogP) is 0.107. The summed E-state index contributed by atoms with van der Waals surface area (Å²) < 4.78 is 0. The molecule has 2 unspecified atom stereocenters. The van der Waals surface area contributed by atoms with Gasteiger partial charge in [0.15, 0.2) is 0 Å². The highest BCUT2D eigenvalue weighted by atomic mass is 32.2. The van der Waals surface area contributed by atoms with Gasteiger partial charge in [0, 0.05) is 24.7 Å². The third-order valence-corrected chi connectivity index (χ3v) is 4.28. The number of nitrogens with one attached hydrogen (secondary N) is 2. The summed E-state index contributed by atoms with van der Waals surface area (Å²) in [5.41, 5.74) is 0. The monoisotopic (exact) mass is 243 g/mol. The number of nitrogens with zero attached hydrogens (tertiary/aromatic N) is 1. The Morgan fingerprint density at radius 3 is 3.19 bits per heavy atom. The van der Waals surface area contributed by atoms with Gasteiger partial charge in [-0.05, 0) is 32.4 Å². The zero-order valence-electron chi connectivity index (χ0n) is 9.87. The molecule has 0 bridgehead atoms. The molecule has 0 spiro atoms. The molecule has 4 nitrogen and oxygen atoms in total. The molecule has 16 heavy (non-hydrogen) atoms. The van der Waals surface area contributed by atoms with Gasteiger partial charge in [0.05, 0.1) is 6.04 Å². The Balaban J connectivity index is 1.85. The summed E-state index contributed by atoms with van der Waals surface area (Å²) in [6, 6.07) is 0.0679. The van der Waals surface area contributed by atoms with Crippen molar-refractivity contribution >= 4 is 17.7 Å². The maximum Gasteiger partial charge on any atom is 0.240 e. The highest BCUT2D eigenvalue weighted by Gasteiger charge is 2.30. The van der Waals surface area contributed by atoms with Crippen LogP contribution in [0.4, 0.5) is 0 Å². The van der Waals surface area contributed by atoms with Crippen LogP contribution in [-0.4, -0.2) is 55.2 Å². The SMILES string of the molecule is CNCC1CCCN(C(=O)C2CSCN2)C1. The zero-order chi connectivity index (χ0) is 11.4. The predicted molar refractivity (Wildman–Crippen MR) is 67.5 cm³/mol. The van der Waals surface area contributed by atoms with E-state index in [1.165, 1.54) is 6.42 Å². The fourth-order valence-electron chi connectivity index (χ4n) is 2.49. The van der Waals surface area contributed by atoms with E-state index in [2.05, 4.69) is 15.5 Å². The van der Waals surface area contributed by atoms with E-state index in [1.54, 1.807) is 0 Å². The van der Waals surface area contributed by atoms with Crippen LogP contribution in [0.3, 0.4) is 0 Å². The molecule has 2 rings (SSSR count). The summed E-state index contributed by atoms with van der Waals surface area (Å²) in [5, 5.41) is 6.47. The second-order valence-corrected chi connectivity index (χ2v) is 5.65. The zero-order valence-corrected chi connectivity index (χ0v) is 10.7. The van der Waals surface area contributed by atoms with Crippen molar-refractivity contribution in [2.45, 2.75) is 18.9 Å². The smallest absolute Gasteiger partial charge is 0.240 e. The van der Waals surface area contributed by atoms with E-state index in [0.717, 1.165) is 37.7 Å². The van der Waals surface area contributed by atoms with Gasteiger partial charge < -0.3 is 10.2 Å². The van der Waals surface area contributed by atoms with E-state index in [1.807, 2.05) is 18.8 Å². The van der Waals surface area contributed by atoms with Crippen LogP contribution in [0, 0.1) is 5.92 Å². The molecule has 2 atom stereocenters. The Hall–Kier alpha value is -0.260. The Labute approximate surface area is 102 Å². The number of carbonyl (C=O) groups excluding carboxylic acids is 1. The van der Waals surface area contributed by atoms with Crippen molar-refractivity contribution in [1.82, 2.24) is 15.5 Å². The van der Waals surface area contributed by atoms with Crippen LogP contribution in [0.2, 0.25) is 0 Å². The highest BCUT2D eigenvalue weighted by molar-refractivity contribution is 7.99. The largest absolute Gasteiger partial charge is 0.341 e. The molecule has 1 amide bonds. The van der Waals surface area contributed by atoms with E-state index in [9.17, 15) is 4.79 Å². The molecule has 2 aliphatic rings. The van der Waals surface area contributed by atoms with E-state index >= 15 is 0 Å². The van der Waals surface area contributed by atoms with Crippen LogP contribution in [0.5, 0.6) is 0 Å². The number of likely N-dealkylation sites (tertiary alicyclic amines) is 1. The van der Waals surface area contributed by atoms with Crippen LogP contribution in [0.25, 0.3) is 0 Å². The van der Waals surface area contributed by atoms with E-state index in [0.29, 0.717) is 11.8 Å². The van der Waals surface area contributed by atoms with Crippen LogP contribution < -0.4 is 10.6 Å². The average molecular weight is 243 g/mol. The number of rotatable bonds is 3. The van der Waals surface area contributed by atoms with Gasteiger partial charge in [-0.2, -0.15) is 0 Å². The molecule has 2 N–H and O–H groups in total. The molecule has 2 fully saturated rings. The van der Waals surface area contributed by atoms with Crippen LogP contribution >= 0.6 is 11.8 Å². The molecule has 0 aromatic rings. The molecule has 92 valence electrons. The standard InChI is InChI=1S/C11H21N3OS/c1-12-5-9-3-2-4-14(6-9)11(15)10-7-16-8-13-10/h9-10,12-13H,2-8H2,1H3. The first-order valence-corrected chi connectivity index (χ1v) is 7.21. The quantitative estimate of drug-likeness (QED) is 0.738. The van der Waals surface area contributed by atoms with E-state index in [4.69, 9.17) is 0 Å². The third kappa shape index (κ3) is 2.90. The fraction of sp³-hybridized carbons (Fsp3) is 0.909. The molecule has 5 heteroatoms. The van der Waals surface area contributed by atoms with Gasteiger partial charge >= 0.3 is 0 Å². The first-order valence-electron chi connectivity index (χ1n) is 6.05. The molecule has 0 aromatic heterocycles. The molecule has 0 radical (unpaired) electrons. The minimum Gasteiger partial charge on any atom is -0.341 e. The lowest BCUT2D eigenvalue weighted by atomic mass is 9.97. The lowest BCUT2D eigenvalue weighted by Crippen LogP contribution is -2.49. The van der Waals surface area contributed by atoms with Crippen LogP contribution in [0.1, 0.15) is 12.8 Å². The van der Waals surface area contributed by atoms with Gasteiger partial charge in [-0.15, -0.1) is 11.8 Å². The topological polar surface area (TPSA) is 44.4 Å². The van der Waals surface area contributed by atoms with Crippen molar-refractivity contribution in [3.8, 4) is 0 Å². The Morgan fingerprint density at radius 2 is 2.50 bits per heavy atom. The molecule has 0 aliphatic carbocycles. The molecule has 2 aliphatic heterocycles. The van der Waals surface area contributed by atoms with Gasteiger partial charge in [0.2, 0.25) is 5.91 Å². The third-order valence-electron chi connectivity index (χ3n) is 3.34. The number of amides is 1. The Morgan fingerprint density at radius 1 is 1.62 bits per heavy atom. The number of carbonyl (C=O) groups is 1. The van der Waals surface area contributed by atoms with Crippen molar-refractivity contribution in [3.63, 3.8) is 0 Å². The van der Waals surface area contributed by atoms with Crippen LogP contribution in [0.15, 0.2) is 0 Å². The van der Waals surface area contributed by atoms with E-state index in [-0.39, 0.29) is 6.04 Å². The summed E-state index contributed by atoms with van der Waals surface area (Å²) in [4.78, 5) is 14.2. The summed E-state index contributed by atoms with van der Waals surface area (Å²) in [5.74, 6) is 2.80. The van der Waals surface area contributed by atoms with Crippen molar-refractivity contribution < 1.29 is 4.79 Å². The van der Waals surface area contributed by atoms with Gasteiger partial charge in [0.25, 0.3) is 0 Å². The van der Waals surface area contributed by atoms with Gasteiger partial charge in [0.1, 0.15) is 0 Å². The van der Waals surface area contributed by atoms with Crippen molar-refractivity contribution in [3.05, 3.63) is 0 Å². The van der Waals surface area contributed by atoms with Gasteiger partial charge in [-0.1, -0.05) is 0 Å². The minimum atomic E-state index is 0.0679. The summed E-state index contributed by atoms with van der Waals surface area (Å²) >= 11 is 1.81. The second-order valence-electron chi connectivity index (χ2n) is 4.62. The normalized spacial score (nSPS) is 30.7. The van der Waals surface area contributed by atoms with E-state index < -0.39 is 0 Å². The lowest BCUT2D eigenvalue weighted by molar-refractivity contribution is -0.134. The number of thioether (sulfide) groups is 1. The van der Waals surface area contributed by atoms with Gasteiger partial charge in [-0.25, -0.2) is 0 Å². The fourth-order valence-corrected chi connectivity index (χ4v) is 3.43. The van der Waals surface area contributed by atoms with Crippen LogP contribution in [-0.2, 0) is 4.79 Å². The molecule has 0 aromatic carbocycles. The van der Waals surface area contributed by atoms with Crippen molar-refractivity contribution in [1.29, 1.82) is 0 Å². The Bertz CT molecular complexity index is 241. The molecular formula is C11H21N3OS. The first-order chi connectivity index (χ1) is 7.81. The summed E-state index contributed by atoms with van der Waals surface area (Å²) in [7, 11) is 1.98. The molecule has 2 heterocycles. The maximum atomic E-state index is 12.2. The number of hydrogen-bond donors (Lipinski definition) is 2. The lowest BCUT2D eigenvalue weighted by Gasteiger charge is -2.34. The Kier molecular flexibility index (Phi) is 4.49. The molecule has 2 saturated heterocycles. The van der Waals surface area contributed by atoms with Crippen molar-refractivity contribution in [2.75, 3.05) is 38.3 Å². The maximum absolute atomic E-state index is 12.2. The summed E-state index contributed by atoms with van der Waals surface area (Å²) in [6.45, 7) is 2.90. The molecular weight excluding hydrogens is 222 g/mol. The summed E-state index contributed by atoms with van der Waals surface area (Å²) in [6.07, 6.45) is 2.40. The second kappa shape index (κ2) is 5.89.